The van der Waals surface area contributed by atoms with Crippen LogP contribution in [-0.2, 0) is 16.6 Å². The van der Waals surface area contributed by atoms with E-state index in [2.05, 4.69) is 25.1 Å². The van der Waals surface area contributed by atoms with Gasteiger partial charge in [0.15, 0.2) is 5.82 Å². The largest absolute Gasteiger partial charge is 0.296 e. The Morgan fingerprint density at radius 3 is 2.86 bits per heavy atom. The topological polar surface area (TPSA) is 93.0 Å². The lowest BCUT2D eigenvalue weighted by Gasteiger charge is -2.32. The molecule has 9 heteroatoms. The van der Waals surface area contributed by atoms with Crippen molar-refractivity contribution in [2.75, 3.05) is 25.9 Å². The second-order valence-electron chi connectivity index (χ2n) is 6.13. The van der Waals surface area contributed by atoms with Gasteiger partial charge in [-0.15, -0.1) is 5.10 Å². The van der Waals surface area contributed by atoms with E-state index in [0.717, 1.165) is 38.3 Å². The van der Waals surface area contributed by atoms with Crippen LogP contribution in [-0.4, -0.2) is 59.4 Å². The van der Waals surface area contributed by atoms with Crippen molar-refractivity contribution in [2.24, 2.45) is 5.92 Å². The predicted molar refractivity (Wildman–Crippen MR) is 76.9 cm³/mol. The van der Waals surface area contributed by atoms with E-state index in [1.807, 2.05) is 4.68 Å². The van der Waals surface area contributed by atoms with E-state index < -0.39 is 10.0 Å². The van der Waals surface area contributed by atoms with Crippen molar-refractivity contribution in [3.05, 3.63) is 5.82 Å². The van der Waals surface area contributed by atoms with E-state index >= 15 is 0 Å². The summed E-state index contributed by atoms with van der Waals surface area (Å²) in [6, 6.07) is 0.488. The summed E-state index contributed by atoms with van der Waals surface area (Å²) in [6.07, 6.45) is 5.68. The van der Waals surface area contributed by atoms with E-state index in [0.29, 0.717) is 18.5 Å². The Bertz CT molecular complexity index is 582. The highest BCUT2D eigenvalue weighted by molar-refractivity contribution is 7.88. The molecule has 1 aromatic rings. The summed E-state index contributed by atoms with van der Waals surface area (Å²) in [5.74, 6) is 1.29. The van der Waals surface area contributed by atoms with Crippen LogP contribution in [0.3, 0.4) is 0 Å². The molecule has 2 heterocycles. The van der Waals surface area contributed by atoms with Crippen LogP contribution in [0, 0.1) is 5.92 Å². The van der Waals surface area contributed by atoms with Crippen molar-refractivity contribution in [3.8, 4) is 0 Å². The quantitative estimate of drug-likeness (QED) is 0.779. The molecular formula is C12H22N6O2S. The van der Waals surface area contributed by atoms with Crippen molar-refractivity contribution in [1.82, 2.24) is 29.8 Å². The molecule has 1 atom stereocenters. The van der Waals surface area contributed by atoms with Gasteiger partial charge in [0.2, 0.25) is 10.0 Å². The van der Waals surface area contributed by atoms with E-state index in [1.54, 1.807) is 0 Å². The molecule has 3 rings (SSSR count). The highest BCUT2D eigenvalue weighted by atomic mass is 32.2. The fraction of sp³-hybridized carbons (Fsp3) is 0.917. The third kappa shape index (κ3) is 4.21. The minimum atomic E-state index is -3.11. The number of tetrazole rings is 1. The summed E-state index contributed by atoms with van der Waals surface area (Å²) in [4.78, 5) is 2.32. The number of piperidine rings is 1. The number of nitrogens with one attached hydrogen (secondary N) is 1. The summed E-state index contributed by atoms with van der Waals surface area (Å²) >= 11 is 0. The lowest BCUT2D eigenvalue weighted by Crippen LogP contribution is -2.40. The van der Waals surface area contributed by atoms with E-state index in [1.165, 1.54) is 19.1 Å². The standard InChI is InChI=1S/C12H22N6O2S/c1-21(19,20)13-7-10-3-2-6-17(8-10)9-12-14-15-16-18(12)11-4-5-11/h10-11,13H,2-9H2,1H3/t10-/m0/s1. The molecule has 0 amide bonds. The molecule has 1 saturated heterocycles. The molecule has 0 radical (unpaired) electrons. The van der Waals surface area contributed by atoms with Crippen molar-refractivity contribution >= 4 is 10.0 Å². The maximum absolute atomic E-state index is 11.2. The van der Waals surface area contributed by atoms with Crippen molar-refractivity contribution in [2.45, 2.75) is 38.3 Å². The molecule has 1 aliphatic carbocycles. The highest BCUT2D eigenvalue weighted by Crippen LogP contribution is 2.34. The Hall–Kier alpha value is -1.06. The highest BCUT2D eigenvalue weighted by Gasteiger charge is 2.29. The maximum atomic E-state index is 11.2. The van der Waals surface area contributed by atoms with Gasteiger partial charge in [-0.25, -0.2) is 17.8 Å². The van der Waals surface area contributed by atoms with Crippen LogP contribution in [0.25, 0.3) is 0 Å². The average molecular weight is 314 g/mol. The number of hydrogen-bond acceptors (Lipinski definition) is 6. The minimum Gasteiger partial charge on any atom is -0.296 e. The van der Waals surface area contributed by atoms with Gasteiger partial charge in [0.1, 0.15) is 0 Å². The third-order valence-corrected chi connectivity index (χ3v) is 4.75. The Morgan fingerprint density at radius 2 is 2.14 bits per heavy atom. The summed E-state index contributed by atoms with van der Waals surface area (Å²) < 4.78 is 26.9. The Kier molecular flexibility index (Phi) is 4.23. The second-order valence-corrected chi connectivity index (χ2v) is 7.97. The van der Waals surface area contributed by atoms with E-state index in [4.69, 9.17) is 0 Å². The molecule has 1 saturated carbocycles. The first kappa shape index (κ1) is 14.9. The summed E-state index contributed by atoms with van der Waals surface area (Å²) in [5, 5.41) is 12.0. The first-order valence-corrected chi connectivity index (χ1v) is 9.34. The molecule has 1 aliphatic heterocycles. The Balaban J connectivity index is 1.54. The van der Waals surface area contributed by atoms with Gasteiger partial charge in [-0.1, -0.05) is 0 Å². The molecule has 0 aromatic carbocycles. The second kappa shape index (κ2) is 5.98. The number of rotatable bonds is 6. The smallest absolute Gasteiger partial charge is 0.208 e. The molecule has 8 nitrogen and oxygen atoms in total. The Labute approximate surface area is 124 Å². The first-order chi connectivity index (χ1) is 10.0. The molecule has 0 spiro atoms. The van der Waals surface area contributed by atoms with Crippen LogP contribution in [0.2, 0.25) is 0 Å². The maximum Gasteiger partial charge on any atom is 0.208 e. The average Bonchev–Trinajstić information content (AvgIpc) is 3.17. The van der Waals surface area contributed by atoms with Crippen molar-refractivity contribution in [3.63, 3.8) is 0 Å². The van der Waals surface area contributed by atoms with Crippen molar-refractivity contribution < 1.29 is 8.42 Å². The fourth-order valence-electron chi connectivity index (χ4n) is 2.85. The zero-order valence-corrected chi connectivity index (χ0v) is 13.1. The molecular weight excluding hydrogens is 292 g/mol. The zero-order chi connectivity index (χ0) is 14.9. The molecule has 2 aliphatic rings. The number of aromatic nitrogens is 4. The van der Waals surface area contributed by atoms with Gasteiger partial charge in [0.05, 0.1) is 18.8 Å². The lowest BCUT2D eigenvalue weighted by molar-refractivity contribution is 0.163. The number of hydrogen-bond donors (Lipinski definition) is 1. The van der Waals surface area contributed by atoms with Crippen LogP contribution in [0.4, 0.5) is 0 Å². The molecule has 1 aromatic heterocycles. The third-order valence-electron chi connectivity index (χ3n) is 4.06. The molecule has 118 valence electrons. The SMILES string of the molecule is CS(=O)(=O)NC[C@@H]1CCCN(Cc2nnnn2C2CC2)C1. The molecule has 0 bridgehead atoms. The van der Waals surface area contributed by atoms with E-state index in [9.17, 15) is 8.42 Å². The van der Waals surface area contributed by atoms with Crippen LogP contribution in [0.15, 0.2) is 0 Å². The van der Waals surface area contributed by atoms with Crippen molar-refractivity contribution in [1.29, 1.82) is 0 Å². The van der Waals surface area contributed by atoms with Gasteiger partial charge in [0.25, 0.3) is 0 Å². The molecule has 21 heavy (non-hydrogen) atoms. The minimum absolute atomic E-state index is 0.360. The fourth-order valence-corrected chi connectivity index (χ4v) is 3.39. The zero-order valence-electron chi connectivity index (χ0n) is 12.3. The van der Waals surface area contributed by atoms with Crippen LogP contribution >= 0.6 is 0 Å². The molecule has 0 unspecified atom stereocenters. The first-order valence-electron chi connectivity index (χ1n) is 7.45. The van der Waals surface area contributed by atoms with Gasteiger partial charge in [-0.2, -0.15) is 0 Å². The summed E-state index contributed by atoms with van der Waals surface area (Å²) in [5.41, 5.74) is 0. The normalized spacial score (nSPS) is 24.3. The van der Waals surface area contributed by atoms with Crippen LogP contribution in [0.5, 0.6) is 0 Å². The molecule has 2 fully saturated rings. The van der Waals surface area contributed by atoms with Gasteiger partial charge in [0, 0.05) is 13.1 Å². The van der Waals surface area contributed by atoms with Crippen LogP contribution < -0.4 is 4.72 Å². The van der Waals surface area contributed by atoms with Gasteiger partial charge < -0.3 is 0 Å². The molecule has 1 N–H and O–H groups in total. The van der Waals surface area contributed by atoms with Crippen LogP contribution in [0.1, 0.15) is 37.5 Å². The summed E-state index contributed by atoms with van der Waals surface area (Å²) in [6.45, 7) is 3.18. The van der Waals surface area contributed by atoms with Gasteiger partial charge >= 0.3 is 0 Å². The lowest BCUT2D eigenvalue weighted by atomic mass is 9.98. The predicted octanol–water partition coefficient (Wildman–Crippen LogP) is -0.231. The van der Waals surface area contributed by atoms with Gasteiger partial charge in [-0.3, -0.25) is 4.90 Å². The Morgan fingerprint density at radius 1 is 1.33 bits per heavy atom. The van der Waals surface area contributed by atoms with Gasteiger partial charge in [-0.05, 0) is 48.6 Å². The number of likely N-dealkylation sites (tertiary alicyclic amines) is 1. The summed E-state index contributed by atoms with van der Waals surface area (Å²) in [7, 11) is -3.11. The number of nitrogens with zero attached hydrogens (tertiary/aromatic N) is 5. The monoisotopic (exact) mass is 314 g/mol. The number of sulfonamides is 1. The van der Waals surface area contributed by atoms with E-state index in [-0.39, 0.29) is 0 Å².